The number of hydrogen-bond donors (Lipinski definition) is 0. The van der Waals surface area contributed by atoms with Crippen LogP contribution in [0.25, 0.3) is 0 Å². The molecule has 1 heterocycles. The number of pyridine rings is 1. The van der Waals surface area contributed by atoms with Crippen molar-refractivity contribution >= 4 is 0 Å². The lowest BCUT2D eigenvalue weighted by molar-refractivity contribution is 0.287. The number of aryl methyl sites for hydroxylation is 2. The molecule has 0 unspecified atom stereocenters. The summed E-state index contributed by atoms with van der Waals surface area (Å²) in [5.41, 5.74) is 5.92. The summed E-state index contributed by atoms with van der Waals surface area (Å²) in [7, 11) is 0. The molecule has 0 bridgehead atoms. The summed E-state index contributed by atoms with van der Waals surface area (Å²) < 4.78 is 11.8. The maximum atomic E-state index is 5.96. The fourth-order valence-corrected chi connectivity index (χ4v) is 2.69. The Morgan fingerprint density at radius 2 is 1.58 bits per heavy atom. The van der Waals surface area contributed by atoms with E-state index >= 15 is 0 Å². The van der Waals surface area contributed by atoms with Gasteiger partial charge in [-0.05, 0) is 60.7 Å². The van der Waals surface area contributed by atoms with E-state index in [0.29, 0.717) is 13.2 Å². The molecule has 0 aliphatic rings. The van der Waals surface area contributed by atoms with Crippen molar-refractivity contribution in [2.75, 3.05) is 0 Å². The first-order valence-electron chi connectivity index (χ1n) is 9.00. The van der Waals surface area contributed by atoms with Crippen LogP contribution < -0.4 is 9.47 Å². The van der Waals surface area contributed by atoms with Gasteiger partial charge in [0.05, 0.1) is 5.69 Å². The average Bonchev–Trinajstić information content (AvgIpc) is 2.68. The van der Waals surface area contributed by atoms with Crippen LogP contribution in [0.3, 0.4) is 0 Å². The molecular weight excluding hydrogens is 322 g/mol. The number of rotatable bonds is 7. The Bertz CT molecular complexity index is 856. The molecule has 3 rings (SSSR count). The molecule has 3 aromatic rings. The van der Waals surface area contributed by atoms with E-state index < -0.39 is 0 Å². The summed E-state index contributed by atoms with van der Waals surface area (Å²) in [6.07, 6.45) is 2.90. The van der Waals surface area contributed by atoms with Crippen LogP contribution in [-0.4, -0.2) is 4.98 Å². The van der Waals surface area contributed by atoms with Gasteiger partial charge in [-0.3, -0.25) is 4.98 Å². The van der Waals surface area contributed by atoms with Gasteiger partial charge in [-0.2, -0.15) is 0 Å². The highest BCUT2D eigenvalue weighted by Gasteiger charge is 2.04. The predicted molar refractivity (Wildman–Crippen MR) is 105 cm³/mol. The van der Waals surface area contributed by atoms with Gasteiger partial charge in [0.25, 0.3) is 0 Å². The summed E-state index contributed by atoms with van der Waals surface area (Å²) in [5.74, 6) is 1.59. The van der Waals surface area contributed by atoms with Crippen molar-refractivity contribution in [2.45, 2.75) is 40.4 Å². The first kappa shape index (κ1) is 18.0. The molecule has 0 atom stereocenters. The summed E-state index contributed by atoms with van der Waals surface area (Å²) in [5, 5.41) is 0. The number of hydrogen-bond acceptors (Lipinski definition) is 3. The number of ether oxygens (including phenoxy) is 2. The van der Waals surface area contributed by atoms with E-state index in [1.807, 2.05) is 36.5 Å². The molecule has 0 radical (unpaired) electrons. The molecular formula is C23H25NO2. The topological polar surface area (TPSA) is 31.4 Å². The molecule has 0 saturated carbocycles. The van der Waals surface area contributed by atoms with Gasteiger partial charge >= 0.3 is 0 Å². The zero-order valence-corrected chi connectivity index (χ0v) is 15.7. The Kier molecular flexibility index (Phi) is 5.90. The molecule has 26 heavy (non-hydrogen) atoms. The molecule has 2 aromatic carbocycles. The lowest BCUT2D eigenvalue weighted by Gasteiger charge is -2.12. The Labute approximate surface area is 155 Å². The lowest BCUT2D eigenvalue weighted by atomic mass is 10.0. The van der Waals surface area contributed by atoms with Crippen molar-refractivity contribution in [3.8, 4) is 11.5 Å². The van der Waals surface area contributed by atoms with Crippen LogP contribution in [0.4, 0.5) is 0 Å². The minimum absolute atomic E-state index is 0.449. The van der Waals surface area contributed by atoms with E-state index in [1.54, 1.807) is 0 Å². The monoisotopic (exact) mass is 347 g/mol. The molecule has 134 valence electrons. The van der Waals surface area contributed by atoms with Crippen molar-refractivity contribution in [3.63, 3.8) is 0 Å². The molecule has 0 saturated heterocycles. The average molecular weight is 347 g/mol. The number of nitrogens with zero attached hydrogens (tertiary/aromatic N) is 1. The molecule has 3 heteroatoms. The standard InChI is InChI=1S/C23H25NO2/c1-4-19-11-12-21(24-14-19)16-26-23-10-6-9-22(13-23)25-15-20-8-5-7-17(2)18(20)3/h5-14H,4,15-16H2,1-3H3. The van der Waals surface area contributed by atoms with E-state index in [1.165, 1.54) is 22.3 Å². The molecule has 3 nitrogen and oxygen atoms in total. The van der Waals surface area contributed by atoms with Crippen molar-refractivity contribution in [1.29, 1.82) is 0 Å². The van der Waals surface area contributed by atoms with Crippen LogP contribution in [0.2, 0.25) is 0 Å². The Morgan fingerprint density at radius 1 is 0.846 bits per heavy atom. The van der Waals surface area contributed by atoms with Gasteiger partial charge in [-0.25, -0.2) is 0 Å². The van der Waals surface area contributed by atoms with Gasteiger partial charge in [0, 0.05) is 12.3 Å². The second-order valence-electron chi connectivity index (χ2n) is 6.42. The fourth-order valence-electron chi connectivity index (χ4n) is 2.69. The Morgan fingerprint density at radius 3 is 2.27 bits per heavy atom. The van der Waals surface area contributed by atoms with E-state index in [-0.39, 0.29) is 0 Å². The molecule has 0 fully saturated rings. The quantitative estimate of drug-likeness (QED) is 0.572. The van der Waals surface area contributed by atoms with Gasteiger partial charge in [-0.15, -0.1) is 0 Å². The SMILES string of the molecule is CCc1ccc(COc2cccc(OCc3cccc(C)c3C)c2)nc1. The summed E-state index contributed by atoms with van der Waals surface area (Å²) in [6, 6.07) is 18.2. The molecule has 0 aliphatic carbocycles. The smallest absolute Gasteiger partial charge is 0.130 e. The first-order valence-corrected chi connectivity index (χ1v) is 9.00. The van der Waals surface area contributed by atoms with Crippen LogP contribution in [0.1, 0.15) is 34.9 Å². The molecule has 0 N–H and O–H groups in total. The summed E-state index contributed by atoms with van der Waals surface area (Å²) in [6.45, 7) is 7.37. The van der Waals surface area contributed by atoms with Crippen molar-refractivity contribution in [3.05, 3.63) is 88.7 Å². The van der Waals surface area contributed by atoms with E-state index in [2.05, 4.69) is 50.0 Å². The van der Waals surface area contributed by atoms with Crippen molar-refractivity contribution < 1.29 is 9.47 Å². The zero-order valence-electron chi connectivity index (χ0n) is 15.7. The van der Waals surface area contributed by atoms with Gasteiger partial charge in [0.15, 0.2) is 0 Å². The largest absolute Gasteiger partial charge is 0.489 e. The first-order chi connectivity index (χ1) is 12.7. The van der Waals surface area contributed by atoms with Gasteiger partial charge < -0.3 is 9.47 Å². The van der Waals surface area contributed by atoms with Crippen LogP contribution >= 0.6 is 0 Å². The predicted octanol–water partition coefficient (Wildman–Crippen LogP) is 5.42. The summed E-state index contributed by atoms with van der Waals surface area (Å²) in [4.78, 5) is 4.42. The van der Waals surface area contributed by atoms with Crippen molar-refractivity contribution in [2.24, 2.45) is 0 Å². The maximum Gasteiger partial charge on any atom is 0.130 e. The van der Waals surface area contributed by atoms with Crippen LogP contribution in [0.5, 0.6) is 11.5 Å². The number of benzene rings is 2. The third kappa shape index (κ3) is 4.63. The van der Waals surface area contributed by atoms with Crippen LogP contribution in [0.15, 0.2) is 60.8 Å². The van der Waals surface area contributed by atoms with E-state index in [9.17, 15) is 0 Å². The second kappa shape index (κ2) is 8.52. The minimum atomic E-state index is 0.449. The lowest BCUT2D eigenvalue weighted by Crippen LogP contribution is -2.01. The third-order valence-electron chi connectivity index (χ3n) is 4.60. The van der Waals surface area contributed by atoms with Crippen LogP contribution in [-0.2, 0) is 19.6 Å². The molecule has 0 aliphatic heterocycles. The molecule has 0 spiro atoms. The highest BCUT2D eigenvalue weighted by Crippen LogP contribution is 2.22. The van der Waals surface area contributed by atoms with E-state index in [4.69, 9.17) is 9.47 Å². The highest BCUT2D eigenvalue weighted by molar-refractivity contribution is 5.35. The Balaban J connectivity index is 1.59. The van der Waals surface area contributed by atoms with E-state index in [0.717, 1.165) is 23.6 Å². The minimum Gasteiger partial charge on any atom is -0.489 e. The van der Waals surface area contributed by atoms with Gasteiger partial charge in [0.1, 0.15) is 24.7 Å². The molecule has 1 aromatic heterocycles. The number of aromatic nitrogens is 1. The Hall–Kier alpha value is -2.81. The third-order valence-corrected chi connectivity index (χ3v) is 4.60. The van der Waals surface area contributed by atoms with Gasteiger partial charge in [0.2, 0.25) is 0 Å². The fraction of sp³-hybridized carbons (Fsp3) is 0.261. The molecule has 0 amide bonds. The second-order valence-corrected chi connectivity index (χ2v) is 6.42. The highest BCUT2D eigenvalue weighted by atomic mass is 16.5. The van der Waals surface area contributed by atoms with Crippen molar-refractivity contribution in [1.82, 2.24) is 4.98 Å². The zero-order chi connectivity index (χ0) is 18.4. The normalized spacial score (nSPS) is 10.6. The van der Waals surface area contributed by atoms with Gasteiger partial charge in [-0.1, -0.05) is 37.3 Å². The maximum absolute atomic E-state index is 5.96. The summed E-state index contributed by atoms with van der Waals surface area (Å²) >= 11 is 0. The van der Waals surface area contributed by atoms with Crippen LogP contribution in [0, 0.1) is 13.8 Å².